The minimum Gasteiger partial charge on any atom is -0.338 e. The van der Waals surface area contributed by atoms with Crippen LogP contribution < -0.4 is 5.32 Å². The Balaban J connectivity index is 0.00000242. The molecule has 0 aliphatic carbocycles. The van der Waals surface area contributed by atoms with Crippen LogP contribution in [0.1, 0.15) is 49.5 Å². The lowest BCUT2D eigenvalue weighted by atomic mass is 9.86. The summed E-state index contributed by atoms with van der Waals surface area (Å²) >= 11 is 0. The zero-order valence-electron chi connectivity index (χ0n) is 14.2. The molecule has 1 aromatic carbocycles. The number of amides is 1. The van der Waals surface area contributed by atoms with E-state index in [9.17, 15) is 4.79 Å². The molecule has 1 saturated heterocycles. The van der Waals surface area contributed by atoms with Crippen molar-refractivity contribution in [3.63, 3.8) is 0 Å². The van der Waals surface area contributed by atoms with Crippen LogP contribution in [0.5, 0.6) is 0 Å². The van der Waals surface area contributed by atoms with E-state index in [1.807, 2.05) is 24.1 Å². The van der Waals surface area contributed by atoms with E-state index >= 15 is 0 Å². The number of hydrogen-bond donors (Lipinski definition) is 1. The van der Waals surface area contributed by atoms with Gasteiger partial charge in [0.1, 0.15) is 0 Å². The largest absolute Gasteiger partial charge is 0.338 e. The molecule has 0 bridgehead atoms. The Kier molecular flexibility index (Phi) is 6.89. The summed E-state index contributed by atoms with van der Waals surface area (Å²) in [5, 5.41) is 3.22. The number of benzene rings is 1. The summed E-state index contributed by atoms with van der Waals surface area (Å²) in [6.45, 7) is 9.33. The van der Waals surface area contributed by atoms with Crippen molar-refractivity contribution in [1.29, 1.82) is 0 Å². The topological polar surface area (TPSA) is 32.3 Å². The molecule has 1 aromatic rings. The highest BCUT2D eigenvalue weighted by Crippen LogP contribution is 2.23. The Morgan fingerprint density at radius 1 is 1.27 bits per heavy atom. The molecule has 1 atom stereocenters. The van der Waals surface area contributed by atoms with Gasteiger partial charge in [-0.25, -0.2) is 0 Å². The first-order valence-electron chi connectivity index (χ1n) is 7.96. The first-order chi connectivity index (χ1) is 9.91. The van der Waals surface area contributed by atoms with Crippen molar-refractivity contribution in [2.24, 2.45) is 5.92 Å². The van der Waals surface area contributed by atoms with Gasteiger partial charge in [0.05, 0.1) is 0 Å². The smallest absolute Gasteiger partial charge is 0.253 e. The molecular formula is C18H29ClN2O. The lowest BCUT2D eigenvalue weighted by molar-refractivity contribution is 0.0674. The molecule has 1 unspecified atom stereocenters. The zero-order chi connectivity index (χ0) is 15.5. The van der Waals surface area contributed by atoms with Gasteiger partial charge in [-0.15, -0.1) is 12.4 Å². The van der Waals surface area contributed by atoms with Crippen LogP contribution in [0.2, 0.25) is 0 Å². The first-order valence-corrected chi connectivity index (χ1v) is 7.96. The third kappa shape index (κ3) is 4.72. The van der Waals surface area contributed by atoms with Gasteiger partial charge in [0, 0.05) is 18.7 Å². The summed E-state index contributed by atoms with van der Waals surface area (Å²) in [6.07, 6.45) is 2.33. The van der Waals surface area contributed by atoms with Gasteiger partial charge in [-0.3, -0.25) is 4.79 Å². The number of carbonyl (C=O) groups excluding carboxylic acids is 1. The van der Waals surface area contributed by atoms with Crippen molar-refractivity contribution in [3.8, 4) is 0 Å². The standard InChI is InChI=1S/C18H28N2O.ClH/c1-18(2,3)16-9-7-15(8-10-16)17(21)20-11-5-6-14(13-20)12-19-4;/h7-10,14,19H,5-6,11-13H2,1-4H3;1H. The van der Waals surface area contributed by atoms with E-state index in [2.05, 4.69) is 38.2 Å². The molecule has 1 aliphatic rings. The number of likely N-dealkylation sites (tertiary alicyclic amines) is 1. The van der Waals surface area contributed by atoms with Crippen molar-refractivity contribution < 1.29 is 4.79 Å². The summed E-state index contributed by atoms with van der Waals surface area (Å²) in [5.74, 6) is 0.762. The normalized spacial score (nSPS) is 18.7. The molecule has 1 amide bonds. The second kappa shape index (κ2) is 7.98. The van der Waals surface area contributed by atoms with E-state index in [0.717, 1.165) is 31.6 Å². The van der Waals surface area contributed by atoms with Crippen molar-refractivity contribution in [2.45, 2.75) is 39.0 Å². The Morgan fingerprint density at radius 2 is 1.91 bits per heavy atom. The summed E-state index contributed by atoms with van der Waals surface area (Å²) in [6, 6.07) is 8.12. The average Bonchev–Trinajstić information content (AvgIpc) is 2.46. The molecule has 3 nitrogen and oxygen atoms in total. The van der Waals surface area contributed by atoms with E-state index in [1.165, 1.54) is 12.0 Å². The molecule has 124 valence electrons. The minimum atomic E-state index is 0. The Morgan fingerprint density at radius 3 is 2.45 bits per heavy atom. The predicted octanol–water partition coefficient (Wildman–Crippen LogP) is 3.48. The van der Waals surface area contributed by atoms with Crippen LogP contribution in [0.4, 0.5) is 0 Å². The van der Waals surface area contributed by atoms with Crippen molar-refractivity contribution in [1.82, 2.24) is 10.2 Å². The van der Waals surface area contributed by atoms with Gasteiger partial charge in [0.25, 0.3) is 5.91 Å². The van der Waals surface area contributed by atoms with Crippen molar-refractivity contribution in [2.75, 3.05) is 26.7 Å². The summed E-state index contributed by atoms with van der Waals surface area (Å²) in [7, 11) is 1.98. The van der Waals surface area contributed by atoms with Crippen molar-refractivity contribution in [3.05, 3.63) is 35.4 Å². The Hall–Kier alpha value is -1.06. The number of nitrogens with zero attached hydrogens (tertiary/aromatic N) is 1. The van der Waals surface area contributed by atoms with Gasteiger partial charge >= 0.3 is 0 Å². The third-order valence-corrected chi connectivity index (χ3v) is 4.30. The fourth-order valence-electron chi connectivity index (χ4n) is 3.00. The van der Waals surface area contributed by atoms with Gasteiger partial charge in [0.15, 0.2) is 0 Å². The third-order valence-electron chi connectivity index (χ3n) is 4.30. The van der Waals surface area contributed by atoms with Gasteiger partial charge in [-0.1, -0.05) is 32.9 Å². The molecule has 4 heteroatoms. The second-order valence-electron chi connectivity index (χ2n) is 7.14. The highest BCUT2D eigenvalue weighted by molar-refractivity contribution is 5.94. The van der Waals surface area contributed by atoms with E-state index in [4.69, 9.17) is 0 Å². The molecule has 22 heavy (non-hydrogen) atoms. The number of halogens is 1. The first kappa shape index (κ1) is 19.0. The lowest BCUT2D eigenvalue weighted by Crippen LogP contribution is -2.42. The molecule has 1 aliphatic heterocycles. The lowest BCUT2D eigenvalue weighted by Gasteiger charge is -2.33. The monoisotopic (exact) mass is 324 g/mol. The second-order valence-corrected chi connectivity index (χ2v) is 7.14. The number of rotatable bonds is 3. The maximum atomic E-state index is 12.6. The minimum absolute atomic E-state index is 0. The molecule has 0 spiro atoms. The maximum Gasteiger partial charge on any atom is 0.253 e. The van der Waals surface area contributed by atoms with E-state index in [-0.39, 0.29) is 23.7 Å². The fourth-order valence-corrected chi connectivity index (χ4v) is 3.00. The number of nitrogens with one attached hydrogen (secondary N) is 1. The molecular weight excluding hydrogens is 296 g/mol. The van der Waals surface area contributed by atoms with Crippen LogP contribution >= 0.6 is 12.4 Å². The number of carbonyl (C=O) groups is 1. The fraction of sp³-hybridized carbons (Fsp3) is 0.611. The highest BCUT2D eigenvalue weighted by Gasteiger charge is 2.24. The van der Waals surface area contributed by atoms with Crippen LogP contribution in [0, 0.1) is 5.92 Å². The Bertz CT molecular complexity index is 477. The van der Waals surface area contributed by atoms with Crippen LogP contribution in [0.25, 0.3) is 0 Å². The molecule has 0 radical (unpaired) electrons. The van der Waals surface area contributed by atoms with Crippen LogP contribution in [0.15, 0.2) is 24.3 Å². The van der Waals surface area contributed by atoms with Gasteiger partial charge in [0.2, 0.25) is 0 Å². The van der Waals surface area contributed by atoms with Gasteiger partial charge in [-0.2, -0.15) is 0 Å². The molecule has 0 saturated carbocycles. The molecule has 2 rings (SSSR count). The summed E-state index contributed by atoms with van der Waals surface area (Å²) < 4.78 is 0. The molecule has 1 fully saturated rings. The number of hydrogen-bond acceptors (Lipinski definition) is 2. The van der Waals surface area contributed by atoms with Gasteiger partial charge in [-0.05, 0) is 55.5 Å². The predicted molar refractivity (Wildman–Crippen MR) is 94.9 cm³/mol. The van der Waals surface area contributed by atoms with Crippen molar-refractivity contribution >= 4 is 18.3 Å². The summed E-state index contributed by atoms with van der Waals surface area (Å²) in [5.41, 5.74) is 2.21. The zero-order valence-corrected chi connectivity index (χ0v) is 15.0. The number of piperidine rings is 1. The maximum absolute atomic E-state index is 12.6. The van der Waals surface area contributed by atoms with Crippen LogP contribution in [-0.4, -0.2) is 37.5 Å². The SMILES string of the molecule is CNCC1CCCN(C(=O)c2ccc(C(C)(C)C)cc2)C1.Cl. The van der Waals surface area contributed by atoms with Crippen LogP contribution in [0.3, 0.4) is 0 Å². The Labute approximate surface area is 140 Å². The molecule has 1 N–H and O–H groups in total. The summed E-state index contributed by atoms with van der Waals surface area (Å²) in [4.78, 5) is 14.6. The molecule has 1 heterocycles. The molecule has 0 aromatic heterocycles. The average molecular weight is 325 g/mol. The van der Waals surface area contributed by atoms with Crippen LogP contribution in [-0.2, 0) is 5.41 Å². The van der Waals surface area contributed by atoms with E-state index < -0.39 is 0 Å². The quantitative estimate of drug-likeness (QED) is 0.923. The van der Waals surface area contributed by atoms with Gasteiger partial charge < -0.3 is 10.2 Å². The van der Waals surface area contributed by atoms with E-state index in [1.54, 1.807) is 0 Å². The highest BCUT2D eigenvalue weighted by atomic mass is 35.5. The van der Waals surface area contributed by atoms with E-state index in [0.29, 0.717) is 5.92 Å².